The van der Waals surface area contributed by atoms with E-state index in [2.05, 4.69) is 11.9 Å². The summed E-state index contributed by atoms with van der Waals surface area (Å²) in [7, 11) is 0. The van der Waals surface area contributed by atoms with Crippen LogP contribution in [0.25, 0.3) is 0 Å². The van der Waals surface area contributed by atoms with Crippen molar-refractivity contribution in [2.45, 2.75) is 9.79 Å². The molecule has 0 spiro atoms. The van der Waals surface area contributed by atoms with Crippen molar-refractivity contribution >= 4 is 35.1 Å². The zero-order valence-corrected chi connectivity index (χ0v) is 13.9. The van der Waals surface area contributed by atoms with E-state index in [1.807, 2.05) is 24.3 Å². The molecular formula is C17H15F2NOS2. The molecule has 2 aromatic carbocycles. The monoisotopic (exact) mass is 351 g/mol. The zero-order chi connectivity index (χ0) is 16.7. The number of amides is 1. The summed E-state index contributed by atoms with van der Waals surface area (Å²) in [6.45, 7) is 3.67. The molecule has 1 amide bonds. The van der Waals surface area contributed by atoms with Gasteiger partial charge in [0.05, 0.1) is 11.4 Å². The average Bonchev–Trinajstić information content (AvgIpc) is 2.53. The molecule has 0 aromatic heterocycles. The van der Waals surface area contributed by atoms with Gasteiger partial charge >= 0.3 is 0 Å². The van der Waals surface area contributed by atoms with Gasteiger partial charge in [0, 0.05) is 21.6 Å². The number of carbonyl (C=O) groups excluding carboxylic acids is 1. The van der Waals surface area contributed by atoms with Crippen molar-refractivity contribution in [3.8, 4) is 0 Å². The highest BCUT2D eigenvalue weighted by Crippen LogP contribution is 2.28. The second-order valence-corrected chi connectivity index (χ2v) is 6.59. The molecule has 0 fully saturated rings. The number of nitrogens with one attached hydrogen (secondary N) is 1. The minimum Gasteiger partial charge on any atom is -0.324 e. The third kappa shape index (κ3) is 5.41. The Balaban J connectivity index is 1.96. The van der Waals surface area contributed by atoms with Gasteiger partial charge in [-0.1, -0.05) is 18.2 Å². The number of para-hydroxylation sites is 1. The van der Waals surface area contributed by atoms with E-state index in [0.29, 0.717) is 5.69 Å². The topological polar surface area (TPSA) is 29.1 Å². The summed E-state index contributed by atoms with van der Waals surface area (Å²) >= 11 is 2.60. The standard InChI is InChI=1S/C17H15F2NOS2/c1-2-9-22-16-6-4-3-5-14(16)20-17(21)11-23-15-8-7-12(18)10-13(15)19/h2-8,10H,1,9,11H2,(H,20,21). The number of carbonyl (C=O) groups is 1. The van der Waals surface area contributed by atoms with Crippen molar-refractivity contribution in [1.29, 1.82) is 0 Å². The molecule has 0 bridgehead atoms. The summed E-state index contributed by atoms with van der Waals surface area (Å²) < 4.78 is 26.4. The molecule has 0 aliphatic heterocycles. The number of hydrogen-bond acceptors (Lipinski definition) is 3. The minimum atomic E-state index is -0.662. The summed E-state index contributed by atoms with van der Waals surface area (Å²) in [5.41, 5.74) is 0.713. The summed E-state index contributed by atoms with van der Waals surface area (Å²) in [5, 5.41) is 2.81. The van der Waals surface area contributed by atoms with Crippen LogP contribution in [0.4, 0.5) is 14.5 Å². The molecule has 0 heterocycles. The molecule has 2 aromatic rings. The van der Waals surface area contributed by atoms with Gasteiger partial charge in [-0.05, 0) is 24.3 Å². The maximum Gasteiger partial charge on any atom is 0.234 e. The normalized spacial score (nSPS) is 10.3. The predicted molar refractivity (Wildman–Crippen MR) is 93.1 cm³/mol. The van der Waals surface area contributed by atoms with Crippen LogP contribution in [0.2, 0.25) is 0 Å². The van der Waals surface area contributed by atoms with E-state index in [1.165, 1.54) is 12.1 Å². The average molecular weight is 351 g/mol. The number of thioether (sulfide) groups is 2. The molecule has 2 rings (SSSR count). The number of anilines is 1. The van der Waals surface area contributed by atoms with Crippen LogP contribution >= 0.6 is 23.5 Å². The van der Waals surface area contributed by atoms with Crippen molar-refractivity contribution in [1.82, 2.24) is 0 Å². The van der Waals surface area contributed by atoms with Crippen molar-refractivity contribution in [2.75, 3.05) is 16.8 Å². The highest BCUT2D eigenvalue weighted by atomic mass is 32.2. The number of halogens is 2. The zero-order valence-electron chi connectivity index (χ0n) is 12.2. The lowest BCUT2D eigenvalue weighted by Crippen LogP contribution is -2.14. The van der Waals surface area contributed by atoms with E-state index < -0.39 is 11.6 Å². The lowest BCUT2D eigenvalue weighted by molar-refractivity contribution is -0.113. The Morgan fingerprint density at radius 1 is 1.13 bits per heavy atom. The molecule has 0 aliphatic carbocycles. The fourth-order valence-corrected chi connectivity index (χ4v) is 3.23. The Labute approximate surface area is 142 Å². The quantitative estimate of drug-likeness (QED) is 0.564. The van der Waals surface area contributed by atoms with E-state index >= 15 is 0 Å². The molecule has 0 aliphatic rings. The van der Waals surface area contributed by atoms with Gasteiger partial charge in [-0.3, -0.25) is 4.79 Å². The van der Waals surface area contributed by atoms with E-state index in [4.69, 9.17) is 0 Å². The molecule has 0 saturated heterocycles. The van der Waals surface area contributed by atoms with Gasteiger partial charge in [0.25, 0.3) is 0 Å². The van der Waals surface area contributed by atoms with Crippen LogP contribution in [0.5, 0.6) is 0 Å². The van der Waals surface area contributed by atoms with Gasteiger partial charge in [-0.25, -0.2) is 8.78 Å². The summed E-state index contributed by atoms with van der Waals surface area (Å²) in [4.78, 5) is 13.2. The number of hydrogen-bond donors (Lipinski definition) is 1. The Morgan fingerprint density at radius 3 is 2.65 bits per heavy atom. The van der Waals surface area contributed by atoms with Gasteiger partial charge in [0.15, 0.2) is 0 Å². The van der Waals surface area contributed by atoms with Gasteiger partial charge < -0.3 is 5.32 Å². The first-order valence-corrected chi connectivity index (χ1v) is 8.77. The van der Waals surface area contributed by atoms with Crippen LogP contribution in [0.3, 0.4) is 0 Å². The smallest absolute Gasteiger partial charge is 0.234 e. The van der Waals surface area contributed by atoms with Crippen molar-refractivity contribution in [3.05, 3.63) is 66.8 Å². The van der Waals surface area contributed by atoms with Gasteiger partial charge in [-0.2, -0.15) is 0 Å². The summed E-state index contributed by atoms with van der Waals surface area (Å²) in [6, 6.07) is 10.8. The largest absolute Gasteiger partial charge is 0.324 e. The number of benzene rings is 2. The molecule has 23 heavy (non-hydrogen) atoms. The van der Waals surface area contributed by atoms with E-state index in [-0.39, 0.29) is 16.6 Å². The Hall–Kier alpha value is -1.79. The predicted octanol–water partition coefficient (Wildman–Crippen LogP) is 4.97. The van der Waals surface area contributed by atoms with E-state index in [1.54, 1.807) is 17.8 Å². The van der Waals surface area contributed by atoms with Crippen LogP contribution < -0.4 is 5.32 Å². The Kier molecular flexibility index (Phi) is 6.67. The Morgan fingerprint density at radius 2 is 1.91 bits per heavy atom. The van der Waals surface area contributed by atoms with E-state index in [0.717, 1.165) is 28.5 Å². The van der Waals surface area contributed by atoms with Crippen LogP contribution in [0.1, 0.15) is 0 Å². The molecule has 2 nitrogen and oxygen atoms in total. The first kappa shape index (κ1) is 17.6. The third-order valence-electron chi connectivity index (χ3n) is 2.77. The fraction of sp³-hybridized carbons (Fsp3) is 0.118. The lowest BCUT2D eigenvalue weighted by atomic mass is 10.3. The van der Waals surface area contributed by atoms with Gasteiger partial charge in [0.1, 0.15) is 11.6 Å². The van der Waals surface area contributed by atoms with Crippen LogP contribution in [-0.2, 0) is 4.79 Å². The lowest BCUT2D eigenvalue weighted by Gasteiger charge is -2.10. The maximum absolute atomic E-state index is 13.5. The minimum absolute atomic E-state index is 0.0447. The second kappa shape index (κ2) is 8.74. The first-order valence-electron chi connectivity index (χ1n) is 6.80. The third-order valence-corrected chi connectivity index (χ3v) is 4.89. The molecule has 0 radical (unpaired) electrons. The highest BCUT2D eigenvalue weighted by Gasteiger charge is 2.10. The van der Waals surface area contributed by atoms with Crippen molar-refractivity contribution < 1.29 is 13.6 Å². The molecule has 1 N–H and O–H groups in total. The van der Waals surface area contributed by atoms with Crippen LogP contribution in [0, 0.1) is 11.6 Å². The molecule has 6 heteroatoms. The molecule has 120 valence electrons. The highest BCUT2D eigenvalue weighted by molar-refractivity contribution is 8.00. The number of rotatable bonds is 7. The molecule has 0 saturated carbocycles. The van der Waals surface area contributed by atoms with Gasteiger partial charge in [0.2, 0.25) is 5.91 Å². The van der Waals surface area contributed by atoms with Crippen molar-refractivity contribution in [2.24, 2.45) is 0 Å². The molecule has 0 unspecified atom stereocenters. The SMILES string of the molecule is C=CCSc1ccccc1NC(=O)CSc1ccc(F)cc1F. The van der Waals surface area contributed by atoms with Crippen LogP contribution in [-0.4, -0.2) is 17.4 Å². The first-order chi connectivity index (χ1) is 11.1. The second-order valence-electron chi connectivity index (χ2n) is 4.51. The summed E-state index contributed by atoms with van der Waals surface area (Å²) in [6.07, 6.45) is 1.79. The molecule has 0 atom stereocenters. The van der Waals surface area contributed by atoms with E-state index in [9.17, 15) is 13.6 Å². The fourth-order valence-electron chi connectivity index (χ4n) is 1.77. The van der Waals surface area contributed by atoms with Crippen molar-refractivity contribution in [3.63, 3.8) is 0 Å². The summed E-state index contributed by atoms with van der Waals surface area (Å²) in [5.74, 6) is -0.759. The van der Waals surface area contributed by atoms with Gasteiger partial charge in [-0.15, -0.1) is 30.1 Å². The Bertz CT molecular complexity index is 707. The maximum atomic E-state index is 13.5. The molecular weight excluding hydrogens is 336 g/mol. The van der Waals surface area contributed by atoms with Crippen LogP contribution in [0.15, 0.2) is 64.9 Å².